The van der Waals surface area contributed by atoms with Gasteiger partial charge in [-0.15, -0.1) is 21.5 Å². The van der Waals surface area contributed by atoms with Crippen molar-refractivity contribution in [2.75, 3.05) is 45.1 Å². The van der Waals surface area contributed by atoms with Crippen molar-refractivity contribution in [2.45, 2.75) is 32.5 Å². The fraction of sp³-hybridized carbons (Fsp3) is 0.345. The van der Waals surface area contributed by atoms with Crippen molar-refractivity contribution in [1.29, 1.82) is 0 Å². The minimum Gasteiger partial charge on any atom is -0.497 e. The van der Waals surface area contributed by atoms with E-state index in [1.165, 1.54) is 23.1 Å². The number of aromatic nitrogens is 4. The van der Waals surface area contributed by atoms with Gasteiger partial charge in [0.25, 0.3) is 5.91 Å². The SMILES string of the molecule is CCOc1cc(C(=O)NCc2nnc(SCC(=O)Nc3nccs3)n2-c2cc(OC)ccc2OC)cc(OCC)c1OCC. The van der Waals surface area contributed by atoms with Gasteiger partial charge in [-0.3, -0.25) is 14.2 Å². The Morgan fingerprint density at radius 1 is 0.932 bits per heavy atom. The molecule has 0 spiro atoms. The molecule has 0 radical (unpaired) electrons. The second-order valence-electron chi connectivity index (χ2n) is 8.73. The number of anilines is 1. The summed E-state index contributed by atoms with van der Waals surface area (Å²) in [6.45, 7) is 6.72. The summed E-state index contributed by atoms with van der Waals surface area (Å²) in [5.41, 5.74) is 0.890. The van der Waals surface area contributed by atoms with Crippen molar-refractivity contribution in [2.24, 2.45) is 0 Å². The smallest absolute Gasteiger partial charge is 0.251 e. The lowest BCUT2D eigenvalue weighted by atomic mass is 10.1. The topological polar surface area (TPSA) is 148 Å². The summed E-state index contributed by atoms with van der Waals surface area (Å²) in [5, 5.41) is 17.0. The van der Waals surface area contributed by atoms with Crippen molar-refractivity contribution < 1.29 is 33.3 Å². The van der Waals surface area contributed by atoms with E-state index in [9.17, 15) is 9.59 Å². The van der Waals surface area contributed by atoms with Gasteiger partial charge in [-0.25, -0.2) is 4.98 Å². The summed E-state index contributed by atoms with van der Waals surface area (Å²) in [4.78, 5) is 30.1. The number of ether oxygens (including phenoxy) is 5. The molecule has 2 aromatic heterocycles. The van der Waals surface area contributed by atoms with Crippen LogP contribution in [-0.2, 0) is 11.3 Å². The number of rotatable bonds is 16. The van der Waals surface area contributed by atoms with Crippen LogP contribution in [0.1, 0.15) is 37.0 Å². The number of thiazole rings is 1. The third kappa shape index (κ3) is 7.90. The van der Waals surface area contributed by atoms with Crippen LogP contribution < -0.4 is 34.3 Å². The molecule has 4 rings (SSSR count). The standard InChI is InChI=1S/C29H34N6O7S2/c1-6-40-22-13-18(14-23(41-7-2)26(22)42-8-3)27(37)31-16-24-33-34-29(44-17-25(36)32-28-30-11-12-43-28)35(24)20-15-19(38-4)9-10-21(20)39-5/h9-15H,6-8,16-17H2,1-5H3,(H,31,37)(H,30,32,36). The number of carbonyl (C=O) groups excluding carboxylic acids is 2. The summed E-state index contributed by atoms with van der Waals surface area (Å²) in [7, 11) is 3.10. The minimum atomic E-state index is -0.390. The first-order chi connectivity index (χ1) is 21.4. The molecule has 13 nitrogen and oxygen atoms in total. The molecule has 0 aliphatic rings. The van der Waals surface area contributed by atoms with E-state index in [0.29, 0.717) is 75.9 Å². The highest BCUT2D eigenvalue weighted by atomic mass is 32.2. The summed E-state index contributed by atoms with van der Waals surface area (Å²) >= 11 is 2.50. The first kappa shape index (κ1) is 32.4. The molecule has 2 heterocycles. The number of hydrogen-bond acceptors (Lipinski definition) is 12. The average molecular weight is 643 g/mol. The molecule has 4 aromatic rings. The van der Waals surface area contributed by atoms with Crippen LogP contribution in [0, 0.1) is 0 Å². The average Bonchev–Trinajstić information content (AvgIpc) is 3.69. The van der Waals surface area contributed by atoms with Crippen LogP contribution in [0.5, 0.6) is 28.7 Å². The second-order valence-corrected chi connectivity index (χ2v) is 10.6. The van der Waals surface area contributed by atoms with Gasteiger partial charge in [0.1, 0.15) is 11.5 Å². The number of carbonyl (C=O) groups is 2. The summed E-state index contributed by atoms with van der Waals surface area (Å²) in [6, 6.07) is 8.52. The van der Waals surface area contributed by atoms with E-state index in [0.717, 1.165) is 0 Å². The van der Waals surface area contributed by atoms with Crippen LogP contribution in [0.3, 0.4) is 0 Å². The third-order valence-electron chi connectivity index (χ3n) is 5.92. The molecule has 0 bridgehead atoms. The Hall–Kier alpha value is -4.50. The Labute approximate surface area is 263 Å². The van der Waals surface area contributed by atoms with Crippen LogP contribution in [0.25, 0.3) is 5.69 Å². The van der Waals surface area contributed by atoms with Gasteiger partial charge < -0.3 is 34.3 Å². The first-order valence-corrected chi connectivity index (χ1v) is 15.6. The molecular weight excluding hydrogens is 608 g/mol. The first-order valence-electron chi connectivity index (χ1n) is 13.8. The molecule has 0 aliphatic heterocycles. The lowest BCUT2D eigenvalue weighted by Crippen LogP contribution is -2.25. The van der Waals surface area contributed by atoms with Gasteiger partial charge in [0.15, 0.2) is 27.6 Å². The Kier molecular flexibility index (Phi) is 11.7. The lowest BCUT2D eigenvalue weighted by Gasteiger charge is -2.17. The van der Waals surface area contributed by atoms with Gasteiger partial charge in [-0.1, -0.05) is 11.8 Å². The van der Waals surface area contributed by atoms with Crippen molar-refractivity contribution in [1.82, 2.24) is 25.1 Å². The molecule has 0 aliphatic carbocycles. The number of benzene rings is 2. The van der Waals surface area contributed by atoms with Crippen LogP contribution >= 0.6 is 23.1 Å². The molecule has 0 saturated carbocycles. The summed E-state index contributed by atoms with van der Waals surface area (Å²) in [5.74, 6) is 2.14. The fourth-order valence-corrected chi connectivity index (χ4v) is 5.38. The van der Waals surface area contributed by atoms with Gasteiger partial charge in [-0.05, 0) is 45.0 Å². The van der Waals surface area contributed by atoms with Gasteiger partial charge in [0.2, 0.25) is 11.7 Å². The number of hydrogen-bond donors (Lipinski definition) is 2. The van der Waals surface area contributed by atoms with E-state index < -0.39 is 0 Å². The molecule has 0 atom stereocenters. The normalized spacial score (nSPS) is 10.7. The highest BCUT2D eigenvalue weighted by Crippen LogP contribution is 2.39. The predicted molar refractivity (Wildman–Crippen MR) is 167 cm³/mol. The molecular formula is C29H34N6O7S2. The van der Waals surface area contributed by atoms with Gasteiger partial charge in [0, 0.05) is 23.2 Å². The molecule has 2 aromatic carbocycles. The molecule has 0 saturated heterocycles. The van der Waals surface area contributed by atoms with Crippen molar-refractivity contribution in [3.63, 3.8) is 0 Å². The number of nitrogens with zero attached hydrogens (tertiary/aromatic N) is 4. The largest absolute Gasteiger partial charge is 0.497 e. The zero-order valence-electron chi connectivity index (χ0n) is 25.0. The summed E-state index contributed by atoms with van der Waals surface area (Å²) < 4.78 is 30.1. The molecule has 234 valence electrons. The predicted octanol–water partition coefficient (Wildman–Crippen LogP) is 4.60. The molecule has 2 amide bonds. The van der Waals surface area contributed by atoms with Gasteiger partial charge in [0.05, 0.1) is 52.0 Å². The third-order valence-corrected chi connectivity index (χ3v) is 7.53. The van der Waals surface area contributed by atoms with E-state index >= 15 is 0 Å². The number of thioether (sulfide) groups is 1. The molecule has 2 N–H and O–H groups in total. The highest BCUT2D eigenvalue weighted by Gasteiger charge is 2.22. The maximum atomic E-state index is 13.4. The highest BCUT2D eigenvalue weighted by molar-refractivity contribution is 7.99. The lowest BCUT2D eigenvalue weighted by molar-refractivity contribution is -0.113. The van der Waals surface area contributed by atoms with Crippen molar-refractivity contribution >= 4 is 40.0 Å². The van der Waals surface area contributed by atoms with Crippen LogP contribution in [-0.4, -0.2) is 71.4 Å². The molecule has 0 fully saturated rings. The second kappa shape index (κ2) is 15.8. The van der Waals surface area contributed by atoms with Crippen molar-refractivity contribution in [3.05, 3.63) is 53.3 Å². The number of methoxy groups -OCH3 is 2. The van der Waals surface area contributed by atoms with Crippen LogP contribution in [0.2, 0.25) is 0 Å². The Morgan fingerprint density at radius 2 is 1.66 bits per heavy atom. The molecule has 15 heteroatoms. The maximum absolute atomic E-state index is 13.4. The van der Waals surface area contributed by atoms with Crippen molar-refractivity contribution in [3.8, 4) is 34.4 Å². The quantitative estimate of drug-likeness (QED) is 0.165. The Morgan fingerprint density at radius 3 is 2.27 bits per heavy atom. The Balaban J connectivity index is 1.63. The fourth-order valence-electron chi connectivity index (χ4n) is 4.07. The van der Waals surface area contributed by atoms with Gasteiger partial charge in [-0.2, -0.15) is 0 Å². The van der Waals surface area contributed by atoms with Crippen LogP contribution in [0.4, 0.5) is 5.13 Å². The maximum Gasteiger partial charge on any atom is 0.251 e. The van der Waals surface area contributed by atoms with Gasteiger partial charge >= 0.3 is 0 Å². The van der Waals surface area contributed by atoms with Crippen LogP contribution in [0.15, 0.2) is 47.1 Å². The number of nitrogens with one attached hydrogen (secondary N) is 2. The number of amides is 2. The van der Waals surface area contributed by atoms with E-state index in [2.05, 4.69) is 25.8 Å². The van der Waals surface area contributed by atoms with E-state index in [-0.39, 0.29) is 24.1 Å². The Bertz CT molecular complexity index is 1530. The monoisotopic (exact) mass is 642 g/mol. The van der Waals surface area contributed by atoms with E-state index in [1.807, 2.05) is 20.8 Å². The molecule has 44 heavy (non-hydrogen) atoms. The summed E-state index contributed by atoms with van der Waals surface area (Å²) in [6.07, 6.45) is 1.61. The van der Waals surface area contributed by atoms with E-state index in [1.54, 1.807) is 60.7 Å². The van der Waals surface area contributed by atoms with E-state index in [4.69, 9.17) is 23.7 Å². The minimum absolute atomic E-state index is 0.000777. The molecule has 0 unspecified atom stereocenters. The zero-order chi connectivity index (χ0) is 31.5. The zero-order valence-corrected chi connectivity index (χ0v) is 26.7.